The lowest BCUT2D eigenvalue weighted by atomic mass is 10.3. The van der Waals surface area contributed by atoms with E-state index in [0.717, 1.165) is 11.4 Å². The molecule has 0 aliphatic carbocycles. The highest BCUT2D eigenvalue weighted by atomic mass is 35.5. The van der Waals surface area contributed by atoms with Gasteiger partial charge < -0.3 is 10.0 Å². The van der Waals surface area contributed by atoms with Crippen molar-refractivity contribution in [2.45, 2.75) is 13.8 Å². The van der Waals surface area contributed by atoms with Crippen molar-refractivity contribution >= 4 is 23.4 Å². The predicted molar refractivity (Wildman–Crippen MR) is 86.7 cm³/mol. The second-order valence-corrected chi connectivity index (χ2v) is 5.17. The van der Waals surface area contributed by atoms with Gasteiger partial charge in [-0.05, 0) is 26.0 Å². The Morgan fingerprint density at radius 2 is 2.18 bits per heavy atom. The van der Waals surface area contributed by atoms with E-state index in [0.29, 0.717) is 17.4 Å². The van der Waals surface area contributed by atoms with Gasteiger partial charge in [0.25, 0.3) is 0 Å². The molecule has 0 saturated carbocycles. The van der Waals surface area contributed by atoms with Crippen LogP contribution in [0.1, 0.15) is 12.6 Å². The van der Waals surface area contributed by atoms with Crippen LogP contribution in [0.2, 0.25) is 5.02 Å². The number of amides is 2. The number of hydrogen-bond acceptors (Lipinski definition) is 3. The number of halogens is 1. The first kappa shape index (κ1) is 16.3. The maximum absolute atomic E-state index is 12.1. The monoisotopic (exact) mass is 322 g/mol. The number of carbonyl (C=O) groups is 1. The maximum Gasteiger partial charge on any atom is 0.323 e. The Kier molecular flexibility index (Phi) is 5.41. The van der Waals surface area contributed by atoms with Crippen LogP contribution in [0, 0.1) is 6.92 Å². The molecule has 0 fully saturated rings. The molecule has 0 aliphatic heterocycles. The number of hydrogen-bond donors (Lipinski definition) is 2. The molecule has 6 nitrogen and oxygen atoms in total. The highest BCUT2D eigenvalue weighted by Crippen LogP contribution is 2.22. The maximum atomic E-state index is 12.1. The number of aromatic nitrogens is 2. The molecule has 118 valence electrons. The van der Waals surface area contributed by atoms with Crippen LogP contribution in [0.5, 0.6) is 0 Å². The number of aliphatic hydroxyl groups is 1. The van der Waals surface area contributed by atoms with E-state index >= 15 is 0 Å². The van der Waals surface area contributed by atoms with Gasteiger partial charge in [0.1, 0.15) is 0 Å². The fourth-order valence-corrected chi connectivity index (χ4v) is 2.33. The molecule has 0 radical (unpaired) electrons. The summed E-state index contributed by atoms with van der Waals surface area (Å²) in [7, 11) is 0. The summed E-state index contributed by atoms with van der Waals surface area (Å²) in [6.07, 6.45) is 0. The summed E-state index contributed by atoms with van der Waals surface area (Å²) in [5, 5.41) is 16.6. The van der Waals surface area contributed by atoms with Crippen molar-refractivity contribution in [2.24, 2.45) is 0 Å². The largest absolute Gasteiger partial charge is 0.395 e. The molecule has 22 heavy (non-hydrogen) atoms. The Morgan fingerprint density at radius 3 is 2.82 bits per heavy atom. The summed E-state index contributed by atoms with van der Waals surface area (Å²) in [4.78, 5) is 13.6. The van der Waals surface area contributed by atoms with Gasteiger partial charge in [0.05, 0.1) is 17.3 Å². The van der Waals surface area contributed by atoms with Crippen molar-refractivity contribution < 1.29 is 9.90 Å². The summed E-state index contributed by atoms with van der Waals surface area (Å²) < 4.78 is 1.68. The van der Waals surface area contributed by atoms with Crippen LogP contribution in [0.4, 0.5) is 10.6 Å². The van der Waals surface area contributed by atoms with Crippen molar-refractivity contribution in [3.8, 4) is 5.69 Å². The second kappa shape index (κ2) is 7.29. The van der Waals surface area contributed by atoms with Crippen molar-refractivity contribution in [3.05, 3.63) is 41.0 Å². The molecule has 2 amide bonds. The van der Waals surface area contributed by atoms with E-state index in [2.05, 4.69) is 10.4 Å². The van der Waals surface area contributed by atoms with Crippen molar-refractivity contribution in [1.82, 2.24) is 14.7 Å². The minimum Gasteiger partial charge on any atom is -0.395 e. The fraction of sp³-hybridized carbons (Fsp3) is 0.333. The number of benzene rings is 1. The van der Waals surface area contributed by atoms with E-state index in [-0.39, 0.29) is 19.2 Å². The molecule has 0 unspecified atom stereocenters. The molecule has 0 bridgehead atoms. The fourth-order valence-electron chi connectivity index (χ4n) is 2.12. The van der Waals surface area contributed by atoms with Crippen LogP contribution in [-0.2, 0) is 0 Å². The lowest BCUT2D eigenvalue weighted by Crippen LogP contribution is -2.36. The van der Waals surface area contributed by atoms with Gasteiger partial charge in [-0.3, -0.25) is 5.32 Å². The van der Waals surface area contributed by atoms with Gasteiger partial charge in [-0.15, -0.1) is 5.10 Å². The van der Waals surface area contributed by atoms with Gasteiger partial charge >= 0.3 is 6.03 Å². The zero-order valence-electron chi connectivity index (χ0n) is 12.6. The Labute approximate surface area is 134 Å². The number of aryl methyl sites for hydroxylation is 1. The first-order chi connectivity index (χ1) is 10.6. The van der Waals surface area contributed by atoms with E-state index in [1.54, 1.807) is 16.8 Å². The van der Waals surface area contributed by atoms with Crippen LogP contribution < -0.4 is 5.32 Å². The van der Waals surface area contributed by atoms with Crippen molar-refractivity contribution in [3.63, 3.8) is 0 Å². The molecule has 1 heterocycles. The third kappa shape index (κ3) is 3.58. The summed E-state index contributed by atoms with van der Waals surface area (Å²) in [5.41, 5.74) is 1.61. The lowest BCUT2D eigenvalue weighted by Gasteiger charge is -2.19. The smallest absolute Gasteiger partial charge is 0.323 e. The average Bonchev–Trinajstić information content (AvgIpc) is 2.85. The van der Waals surface area contributed by atoms with Gasteiger partial charge in [-0.2, -0.15) is 0 Å². The molecule has 0 saturated heterocycles. The number of likely N-dealkylation sites (N-methyl/N-ethyl adjacent to an activating group) is 1. The topological polar surface area (TPSA) is 70.4 Å². The SMILES string of the molecule is CCN(CCO)C(=O)Nc1cc(C)n(-c2ccccc2Cl)n1. The number of anilines is 1. The number of urea groups is 1. The van der Waals surface area contributed by atoms with Gasteiger partial charge in [0.15, 0.2) is 5.82 Å². The standard InChI is InChI=1S/C15H19ClN4O2/c1-3-19(8-9-21)15(22)17-14-10-11(2)20(18-14)13-7-5-4-6-12(13)16/h4-7,10,21H,3,8-9H2,1-2H3,(H,17,18,22). The summed E-state index contributed by atoms with van der Waals surface area (Å²) in [6, 6.07) is 8.85. The van der Waals surface area contributed by atoms with E-state index in [1.165, 1.54) is 4.90 Å². The van der Waals surface area contributed by atoms with E-state index < -0.39 is 0 Å². The average molecular weight is 323 g/mol. The first-order valence-corrected chi connectivity index (χ1v) is 7.43. The Morgan fingerprint density at radius 1 is 1.45 bits per heavy atom. The lowest BCUT2D eigenvalue weighted by molar-refractivity contribution is 0.192. The van der Waals surface area contributed by atoms with Crippen LogP contribution >= 0.6 is 11.6 Å². The molecule has 2 N–H and O–H groups in total. The molecule has 2 aromatic rings. The zero-order chi connectivity index (χ0) is 16.1. The molecular weight excluding hydrogens is 304 g/mol. The van der Waals surface area contributed by atoms with E-state index in [9.17, 15) is 4.79 Å². The van der Waals surface area contributed by atoms with Crippen LogP contribution in [0.25, 0.3) is 5.69 Å². The minimum absolute atomic E-state index is 0.0750. The number of rotatable bonds is 5. The Hall–Kier alpha value is -2.05. The van der Waals surface area contributed by atoms with Crippen LogP contribution in [-0.4, -0.2) is 45.5 Å². The highest BCUT2D eigenvalue weighted by Gasteiger charge is 2.14. The summed E-state index contributed by atoms with van der Waals surface area (Å²) in [5.74, 6) is 0.443. The van der Waals surface area contributed by atoms with Crippen molar-refractivity contribution in [1.29, 1.82) is 0 Å². The minimum atomic E-state index is -0.291. The number of para-hydroxylation sites is 1. The Balaban J connectivity index is 2.20. The third-order valence-electron chi connectivity index (χ3n) is 3.24. The number of nitrogens with zero attached hydrogens (tertiary/aromatic N) is 3. The summed E-state index contributed by atoms with van der Waals surface area (Å²) in [6.45, 7) is 4.46. The number of nitrogens with one attached hydrogen (secondary N) is 1. The van der Waals surface area contributed by atoms with E-state index in [1.807, 2.05) is 32.0 Å². The molecular formula is C15H19ClN4O2. The third-order valence-corrected chi connectivity index (χ3v) is 3.56. The quantitative estimate of drug-likeness (QED) is 0.889. The zero-order valence-corrected chi connectivity index (χ0v) is 13.3. The van der Waals surface area contributed by atoms with Gasteiger partial charge in [-0.25, -0.2) is 9.48 Å². The highest BCUT2D eigenvalue weighted by molar-refractivity contribution is 6.32. The van der Waals surface area contributed by atoms with Gasteiger partial charge in [0, 0.05) is 24.8 Å². The summed E-state index contributed by atoms with van der Waals surface area (Å²) >= 11 is 6.18. The van der Waals surface area contributed by atoms with Gasteiger partial charge in [-0.1, -0.05) is 23.7 Å². The molecule has 0 atom stereocenters. The predicted octanol–water partition coefficient (Wildman–Crippen LogP) is 2.68. The first-order valence-electron chi connectivity index (χ1n) is 7.05. The molecule has 1 aromatic heterocycles. The molecule has 2 rings (SSSR count). The normalized spacial score (nSPS) is 10.5. The molecule has 0 spiro atoms. The molecule has 7 heteroatoms. The molecule has 1 aromatic carbocycles. The second-order valence-electron chi connectivity index (χ2n) is 4.77. The van der Waals surface area contributed by atoms with Crippen molar-refractivity contribution in [2.75, 3.05) is 25.0 Å². The Bertz CT molecular complexity index is 657. The van der Waals surface area contributed by atoms with Gasteiger partial charge in [0.2, 0.25) is 0 Å². The van der Waals surface area contributed by atoms with Crippen LogP contribution in [0.15, 0.2) is 30.3 Å². The van der Waals surface area contributed by atoms with E-state index in [4.69, 9.17) is 16.7 Å². The molecule has 0 aliphatic rings. The number of aliphatic hydroxyl groups excluding tert-OH is 1. The van der Waals surface area contributed by atoms with Crippen LogP contribution in [0.3, 0.4) is 0 Å². The number of carbonyl (C=O) groups excluding carboxylic acids is 1.